The molecule has 1 saturated carbocycles. The summed E-state index contributed by atoms with van der Waals surface area (Å²) in [6.07, 6.45) is 4.93. The lowest BCUT2D eigenvalue weighted by atomic mass is 9.88. The third-order valence-corrected chi connectivity index (χ3v) is 6.09. The highest BCUT2D eigenvalue weighted by Crippen LogP contribution is 2.37. The van der Waals surface area contributed by atoms with Crippen LogP contribution in [0.5, 0.6) is 5.75 Å². The summed E-state index contributed by atoms with van der Waals surface area (Å²) in [5.41, 5.74) is 4.36. The molecule has 5 heteroatoms. The van der Waals surface area contributed by atoms with Gasteiger partial charge >= 0.3 is 0 Å². The number of ether oxygens (including phenoxy) is 1. The Morgan fingerprint density at radius 2 is 1.83 bits per heavy atom. The van der Waals surface area contributed by atoms with Crippen molar-refractivity contribution in [2.45, 2.75) is 38.6 Å². The Morgan fingerprint density at radius 3 is 2.53 bits per heavy atom. The van der Waals surface area contributed by atoms with Gasteiger partial charge in [-0.1, -0.05) is 49.2 Å². The van der Waals surface area contributed by atoms with Crippen molar-refractivity contribution in [2.24, 2.45) is 5.92 Å². The first kappa shape index (κ1) is 20.2. The number of hydrogen-bond donors (Lipinski definition) is 1. The second-order valence-electron chi connectivity index (χ2n) is 8.20. The zero-order valence-corrected chi connectivity index (χ0v) is 17.6. The van der Waals surface area contributed by atoms with Crippen molar-refractivity contribution in [1.82, 2.24) is 10.2 Å². The van der Waals surface area contributed by atoms with Gasteiger partial charge in [0.25, 0.3) is 5.91 Å². The first-order valence-electron chi connectivity index (χ1n) is 10.6. The van der Waals surface area contributed by atoms with Crippen LogP contribution in [0.3, 0.4) is 0 Å². The summed E-state index contributed by atoms with van der Waals surface area (Å²) in [4.78, 5) is 27.8. The third-order valence-electron chi connectivity index (χ3n) is 6.09. The van der Waals surface area contributed by atoms with Crippen molar-refractivity contribution in [1.29, 1.82) is 0 Å². The van der Waals surface area contributed by atoms with Crippen LogP contribution in [0.2, 0.25) is 0 Å². The predicted molar refractivity (Wildman–Crippen MR) is 117 cm³/mol. The Labute approximate surface area is 177 Å². The van der Waals surface area contributed by atoms with E-state index in [0.29, 0.717) is 24.6 Å². The molecule has 30 heavy (non-hydrogen) atoms. The number of carbonyl (C=O) groups is 2. The number of benzene rings is 2. The average molecular weight is 405 g/mol. The zero-order chi connectivity index (χ0) is 21.1. The molecular weight excluding hydrogens is 376 g/mol. The molecule has 0 unspecified atom stereocenters. The maximum atomic E-state index is 13.3. The van der Waals surface area contributed by atoms with E-state index in [0.717, 1.165) is 40.9 Å². The minimum atomic E-state index is -0.340. The quantitative estimate of drug-likeness (QED) is 0.814. The number of nitrogens with one attached hydrogen (secondary N) is 1. The fourth-order valence-electron chi connectivity index (χ4n) is 4.60. The number of amides is 2. The lowest BCUT2D eigenvalue weighted by Crippen LogP contribution is -2.39. The van der Waals surface area contributed by atoms with Crippen LogP contribution < -0.4 is 10.1 Å². The normalized spacial score (nSPS) is 16.4. The molecule has 0 radical (unpaired) electrons. The molecule has 2 aromatic carbocycles. The summed E-state index contributed by atoms with van der Waals surface area (Å²) in [6, 6.07) is 15.8. The minimum absolute atomic E-state index is 0.184. The van der Waals surface area contributed by atoms with Crippen LogP contribution in [-0.2, 0) is 16.1 Å². The second kappa shape index (κ2) is 8.74. The van der Waals surface area contributed by atoms with Crippen molar-refractivity contribution < 1.29 is 14.3 Å². The lowest BCUT2D eigenvalue weighted by Gasteiger charge is -2.32. The third kappa shape index (κ3) is 4.11. The molecule has 1 heterocycles. The molecule has 5 nitrogen and oxygen atoms in total. The van der Waals surface area contributed by atoms with Gasteiger partial charge in [-0.15, -0.1) is 0 Å². The predicted octanol–water partition coefficient (Wildman–Crippen LogP) is 4.12. The van der Waals surface area contributed by atoms with Crippen LogP contribution in [-0.4, -0.2) is 30.9 Å². The van der Waals surface area contributed by atoms with Gasteiger partial charge in [-0.25, -0.2) is 0 Å². The van der Waals surface area contributed by atoms with Gasteiger partial charge in [0.05, 0.1) is 7.11 Å². The average Bonchev–Trinajstić information content (AvgIpc) is 3.25. The van der Waals surface area contributed by atoms with E-state index in [-0.39, 0.29) is 11.8 Å². The molecule has 2 amide bonds. The van der Waals surface area contributed by atoms with Gasteiger partial charge in [-0.3, -0.25) is 14.9 Å². The SMILES string of the molecule is COc1ccc2c(c1)C(c1ccccc1)=C(C(=O)NC(=O)CC1CCCC1)N(C)C2. The van der Waals surface area contributed by atoms with Crippen LogP contribution in [0.4, 0.5) is 0 Å². The van der Waals surface area contributed by atoms with E-state index in [4.69, 9.17) is 4.74 Å². The number of rotatable bonds is 5. The first-order valence-corrected chi connectivity index (χ1v) is 10.6. The summed E-state index contributed by atoms with van der Waals surface area (Å²) < 4.78 is 5.44. The zero-order valence-electron chi connectivity index (χ0n) is 17.6. The molecule has 156 valence electrons. The van der Waals surface area contributed by atoms with Gasteiger partial charge in [-0.2, -0.15) is 0 Å². The molecule has 1 N–H and O–H groups in total. The number of carbonyl (C=O) groups excluding carboxylic acids is 2. The van der Waals surface area contributed by atoms with E-state index in [1.165, 1.54) is 12.8 Å². The smallest absolute Gasteiger partial charge is 0.274 e. The lowest BCUT2D eigenvalue weighted by molar-refractivity contribution is -0.129. The number of methoxy groups -OCH3 is 1. The van der Waals surface area contributed by atoms with Crippen LogP contribution in [0.15, 0.2) is 54.2 Å². The topological polar surface area (TPSA) is 58.6 Å². The monoisotopic (exact) mass is 404 g/mol. The van der Waals surface area contributed by atoms with E-state index < -0.39 is 0 Å². The summed E-state index contributed by atoms with van der Waals surface area (Å²) >= 11 is 0. The molecule has 2 aromatic rings. The first-order chi connectivity index (χ1) is 14.6. The van der Waals surface area contributed by atoms with Crippen molar-refractivity contribution in [3.63, 3.8) is 0 Å². The van der Waals surface area contributed by atoms with E-state index in [2.05, 4.69) is 5.32 Å². The van der Waals surface area contributed by atoms with E-state index in [1.54, 1.807) is 7.11 Å². The number of fused-ring (bicyclic) bond motifs is 1. The van der Waals surface area contributed by atoms with Crippen LogP contribution >= 0.6 is 0 Å². The molecule has 2 aliphatic rings. The number of likely N-dealkylation sites (N-methyl/N-ethyl adjacent to an activating group) is 1. The fraction of sp³-hybridized carbons (Fsp3) is 0.360. The highest BCUT2D eigenvalue weighted by Gasteiger charge is 2.30. The van der Waals surface area contributed by atoms with Crippen LogP contribution in [0.1, 0.15) is 48.8 Å². The summed E-state index contributed by atoms with van der Waals surface area (Å²) in [5.74, 6) is 0.614. The van der Waals surface area contributed by atoms with Crippen molar-refractivity contribution in [3.05, 3.63) is 70.9 Å². The number of hydrogen-bond acceptors (Lipinski definition) is 4. The summed E-state index contributed by atoms with van der Waals surface area (Å²) in [6.45, 7) is 0.592. The Morgan fingerprint density at radius 1 is 1.10 bits per heavy atom. The van der Waals surface area contributed by atoms with Gasteiger partial charge < -0.3 is 9.64 Å². The molecule has 4 rings (SSSR count). The number of imide groups is 1. The highest BCUT2D eigenvalue weighted by molar-refractivity contribution is 6.10. The molecule has 1 aliphatic heterocycles. The highest BCUT2D eigenvalue weighted by atomic mass is 16.5. The molecule has 0 atom stereocenters. The molecule has 0 aromatic heterocycles. The molecule has 0 saturated heterocycles. The Balaban J connectivity index is 1.73. The van der Waals surface area contributed by atoms with Gasteiger partial charge in [0.1, 0.15) is 11.4 Å². The van der Waals surface area contributed by atoms with E-state index in [9.17, 15) is 9.59 Å². The van der Waals surface area contributed by atoms with Gasteiger partial charge in [0, 0.05) is 25.6 Å². The van der Waals surface area contributed by atoms with Crippen molar-refractivity contribution in [2.75, 3.05) is 14.2 Å². The molecule has 1 aliphatic carbocycles. The molecular formula is C25H28N2O3. The van der Waals surface area contributed by atoms with Crippen molar-refractivity contribution >= 4 is 17.4 Å². The maximum Gasteiger partial charge on any atom is 0.274 e. The van der Waals surface area contributed by atoms with Gasteiger partial charge in [-0.05, 0) is 47.6 Å². The summed E-state index contributed by atoms with van der Waals surface area (Å²) in [7, 11) is 3.53. The minimum Gasteiger partial charge on any atom is -0.497 e. The van der Waals surface area contributed by atoms with Crippen LogP contribution in [0.25, 0.3) is 5.57 Å². The summed E-state index contributed by atoms with van der Waals surface area (Å²) in [5, 5.41) is 2.66. The van der Waals surface area contributed by atoms with E-state index in [1.807, 2.05) is 60.5 Å². The number of nitrogens with zero attached hydrogens (tertiary/aromatic N) is 1. The maximum absolute atomic E-state index is 13.3. The largest absolute Gasteiger partial charge is 0.497 e. The molecule has 1 fully saturated rings. The molecule has 0 spiro atoms. The van der Waals surface area contributed by atoms with Crippen LogP contribution in [0, 0.1) is 5.92 Å². The standard InChI is InChI=1S/C25H28N2O3/c1-27-16-19-12-13-20(30-2)15-21(19)23(18-10-4-3-5-11-18)24(27)25(29)26-22(28)14-17-8-6-7-9-17/h3-5,10-13,15,17H,6-9,14,16H2,1-2H3,(H,26,28,29). The van der Waals surface area contributed by atoms with Crippen molar-refractivity contribution in [3.8, 4) is 5.75 Å². The Hall–Kier alpha value is -3.08. The Kier molecular flexibility index (Phi) is 5.88. The van der Waals surface area contributed by atoms with E-state index >= 15 is 0 Å². The Bertz CT molecular complexity index is 975. The van der Waals surface area contributed by atoms with Gasteiger partial charge in [0.15, 0.2) is 0 Å². The second-order valence-corrected chi connectivity index (χ2v) is 8.20. The van der Waals surface area contributed by atoms with Gasteiger partial charge in [0.2, 0.25) is 5.91 Å². The molecule has 0 bridgehead atoms. The fourth-order valence-corrected chi connectivity index (χ4v) is 4.60.